The van der Waals surface area contributed by atoms with Crippen LogP contribution in [0.1, 0.15) is 27.6 Å². The number of H-pyrrole nitrogens is 1. The predicted octanol–water partition coefficient (Wildman–Crippen LogP) is 1.95. The van der Waals surface area contributed by atoms with Gasteiger partial charge in [-0.05, 0) is 43.2 Å². The van der Waals surface area contributed by atoms with Crippen LogP contribution < -0.4 is 0 Å². The highest BCUT2D eigenvalue weighted by atomic mass is 19.1. The Labute approximate surface area is 149 Å². The van der Waals surface area contributed by atoms with Crippen LogP contribution in [-0.4, -0.2) is 49.0 Å². The van der Waals surface area contributed by atoms with Crippen molar-refractivity contribution in [1.29, 1.82) is 0 Å². The SMILES string of the molecule is Cc1nc(-c2ccc(F)cc2)nc2c1CCN(C(=O)c1ncn[nH]1)CC2. The number of aromatic nitrogens is 5. The number of aryl methyl sites for hydroxylation is 1. The Hall–Kier alpha value is -3.16. The highest BCUT2D eigenvalue weighted by molar-refractivity contribution is 5.90. The second-order valence-electron chi connectivity index (χ2n) is 6.19. The molecule has 0 aliphatic carbocycles. The Bertz CT molecular complexity index is 939. The summed E-state index contributed by atoms with van der Waals surface area (Å²) in [6, 6.07) is 6.15. The summed E-state index contributed by atoms with van der Waals surface area (Å²) < 4.78 is 13.2. The third-order valence-corrected chi connectivity index (χ3v) is 4.56. The Morgan fingerprint density at radius 1 is 1.15 bits per heavy atom. The number of hydrogen-bond acceptors (Lipinski definition) is 5. The standard InChI is InChI=1S/C18H17FN6O/c1-11-14-6-8-25(18(26)17-20-10-21-24-17)9-7-15(14)23-16(22-11)12-2-4-13(19)5-3-12/h2-5,10H,6-9H2,1H3,(H,20,21,24). The van der Waals surface area contributed by atoms with Gasteiger partial charge in [-0.3, -0.25) is 9.89 Å². The van der Waals surface area contributed by atoms with Gasteiger partial charge in [-0.1, -0.05) is 0 Å². The summed E-state index contributed by atoms with van der Waals surface area (Å²) in [5, 5.41) is 6.35. The summed E-state index contributed by atoms with van der Waals surface area (Å²) in [5.41, 5.74) is 3.67. The third-order valence-electron chi connectivity index (χ3n) is 4.56. The largest absolute Gasteiger partial charge is 0.335 e. The molecule has 0 saturated heterocycles. The number of carbonyl (C=O) groups excluding carboxylic acids is 1. The molecule has 2 aromatic heterocycles. The molecule has 132 valence electrons. The summed E-state index contributed by atoms with van der Waals surface area (Å²) >= 11 is 0. The van der Waals surface area contributed by atoms with Crippen molar-refractivity contribution in [3.05, 3.63) is 59.2 Å². The number of carbonyl (C=O) groups is 1. The molecule has 4 rings (SSSR count). The van der Waals surface area contributed by atoms with Crippen LogP contribution in [0.25, 0.3) is 11.4 Å². The minimum Gasteiger partial charge on any atom is -0.335 e. The summed E-state index contributed by atoms with van der Waals surface area (Å²) in [5.74, 6) is 0.364. The Morgan fingerprint density at radius 3 is 2.65 bits per heavy atom. The Balaban J connectivity index is 1.61. The van der Waals surface area contributed by atoms with Gasteiger partial charge >= 0.3 is 0 Å². The number of amides is 1. The molecule has 0 atom stereocenters. The molecular weight excluding hydrogens is 335 g/mol. The average Bonchev–Trinajstić information content (AvgIpc) is 3.09. The normalized spacial score (nSPS) is 14.0. The molecule has 1 amide bonds. The minimum absolute atomic E-state index is 0.167. The first-order valence-electron chi connectivity index (χ1n) is 8.39. The Kier molecular flexibility index (Phi) is 4.16. The first kappa shape index (κ1) is 16.3. The first-order valence-corrected chi connectivity index (χ1v) is 8.39. The second-order valence-corrected chi connectivity index (χ2v) is 6.19. The number of nitrogens with zero attached hydrogens (tertiary/aromatic N) is 5. The van der Waals surface area contributed by atoms with Crippen molar-refractivity contribution in [2.75, 3.05) is 13.1 Å². The van der Waals surface area contributed by atoms with Crippen molar-refractivity contribution in [3.63, 3.8) is 0 Å². The van der Waals surface area contributed by atoms with Crippen LogP contribution in [-0.2, 0) is 12.8 Å². The molecule has 0 bridgehead atoms. The van der Waals surface area contributed by atoms with E-state index in [2.05, 4.69) is 25.1 Å². The quantitative estimate of drug-likeness (QED) is 0.762. The number of fused-ring (bicyclic) bond motifs is 1. The van der Waals surface area contributed by atoms with Gasteiger partial charge in [-0.2, -0.15) is 5.10 Å². The van der Waals surface area contributed by atoms with Gasteiger partial charge in [0.25, 0.3) is 5.91 Å². The molecule has 3 heterocycles. The summed E-state index contributed by atoms with van der Waals surface area (Å²) in [6.45, 7) is 3.07. The minimum atomic E-state index is -0.290. The highest BCUT2D eigenvalue weighted by Gasteiger charge is 2.24. The van der Waals surface area contributed by atoms with E-state index in [0.29, 0.717) is 31.8 Å². The van der Waals surface area contributed by atoms with E-state index >= 15 is 0 Å². The second kappa shape index (κ2) is 6.62. The van der Waals surface area contributed by atoms with Gasteiger partial charge in [0.1, 0.15) is 12.1 Å². The fraction of sp³-hybridized carbons (Fsp3) is 0.278. The van der Waals surface area contributed by atoms with E-state index in [1.807, 2.05) is 6.92 Å². The third kappa shape index (κ3) is 3.05. The van der Waals surface area contributed by atoms with Gasteiger partial charge in [0.15, 0.2) is 5.82 Å². The molecule has 0 unspecified atom stereocenters. The molecule has 26 heavy (non-hydrogen) atoms. The zero-order chi connectivity index (χ0) is 18.1. The van der Waals surface area contributed by atoms with E-state index in [4.69, 9.17) is 0 Å². The Morgan fingerprint density at radius 2 is 1.92 bits per heavy atom. The van der Waals surface area contributed by atoms with Crippen molar-refractivity contribution in [3.8, 4) is 11.4 Å². The zero-order valence-electron chi connectivity index (χ0n) is 14.2. The molecule has 1 aromatic carbocycles. The molecule has 3 aromatic rings. The van der Waals surface area contributed by atoms with Gasteiger partial charge in [-0.25, -0.2) is 19.3 Å². The molecule has 0 spiro atoms. The van der Waals surface area contributed by atoms with Crippen LogP contribution in [0.2, 0.25) is 0 Å². The maximum atomic E-state index is 13.2. The number of rotatable bonds is 2. The zero-order valence-corrected chi connectivity index (χ0v) is 14.2. The lowest BCUT2D eigenvalue weighted by atomic mass is 10.1. The molecule has 0 saturated carbocycles. The molecular formula is C18H17FN6O. The molecule has 0 radical (unpaired) electrons. The van der Waals surface area contributed by atoms with E-state index < -0.39 is 0 Å². The van der Waals surface area contributed by atoms with Crippen LogP contribution in [0, 0.1) is 12.7 Å². The number of halogens is 1. The predicted molar refractivity (Wildman–Crippen MR) is 91.9 cm³/mol. The van der Waals surface area contributed by atoms with Gasteiger partial charge < -0.3 is 4.90 Å². The van der Waals surface area contributed by atoms with E-state index in [1.165, 1.54) is 18.5 Å². The molecule has 7 nitrogen and oxygen atoms in total. The van der Waals surface area contributed by atoms with Crippen molar-refractivity contribution < 1.29 is 9.18 Å². The lowest BCUT2D eigenvalue weighted by Gasteiger charge is -2.18. The van der Waals surface area contributed by atoms with E-state index in [9.17, 15) is 9.18 Å². The monoisotopic (exact) mass is 352 g/mol. The lowest BCUT2D eigenvalue weighted by molar-refractivity contribution is 0.0751. The van der Waals surface area contributed by atoms with Gasteiger partial charge in [0, 0.05) is 36.5 Å². The highest BCUT2D eigenvalue weighted by Crippen LogP contribution is 2.22. The van der Waals surface area contributed by atoms with Crippen LogP contribution >= 0.6 is 0 Å². The van der Waals surface area contributed by atoms with Crippen LogP contribution in [0.3, 0.4) is 0 Å². The van der Waals surface area contributed by atoms with Crippen LogP contribution in [0.4, 0.5) is 4.39 Å². The summed E-state index contributed by atoms with van der Waals surface area (Å²) in [4.78, 5) is 27.4. The maximum absolute atomic E-state index is 13.2. The maximum Gasteiger partial charge on any atom is 0.291 e. The molecule has 1 aliphatic heterocycles. The van der Waals surface area contributed by atoms with Crippen molar-refractivity contribution in [2.24, 2.45) is 0 Å². The molecule has 1 N–H and O–H groups in total. The number of aromatic amines is 1. The van der Waals surface area contributed by atoms with Gasteiger partial charge in [-0.15, -0.1) is 0 Å². The molecule has 1 aliphatic rings. The number of nitrogens with one attached hydrogen (secondary N) is 1. The number of benzene rings is 1. The smallest absolute Gasteiger partial charge is 0.291 e. The van der Waals surface area contributed by atoms with Crippen molar-refractivity contribution in [1.82, 2.24) is 30.0 Å². The van der Waals surface area contributed by atoms with E-state index in [0.717, 1.165) is 22.5 Å². The summed E-state index contributed by atoms with van der Waals surface area (Å²) in [7, 11) is 0. The molecule has 8 heteroatoms. The lowest BCUT2D eigenvalue weighted by Crippen LogP contribution is -2.34. The fourth-order valence-corrected chi connectivity index (χ4v) is 3.18. The number of hydrogen-bond donors (Lipinski definition) is 1. The van der Waals surface area contributed by atoms with E-state index in [-0.39, 0.29) is 17.5 Å². The molecule has 0 fully saturated rings. The van der Waals surface area contributed by atoms with Crippen molar-refractivity contribution in [2.45, 2.75) is 19.8 Å². The fourth-order valence-electron chi connectivity index (χ4n) is 3.18. The van der Waals surface area contributed by atoms with Crippen LogP contribution in [0.15, 0.2) is 30.6 Å². The van der Waals surface area contributed by atoms with Gasteiger partial charge in [0.05, 0.1) is 0 Å². The summed E-state index contributed by atoms with van der Waals surface area (Å²) in [6.07, 6.45) is 2.64. The van der Waals surface area contributed by atoms with Crippen LogP contribution in [0.5, 0.6) is 0 Å². The van der Waals surface area contributed by atoms with Crippen molar-refractivity contribution >= 4 is 5.91 Å². The topological polar surface area (TPSA) is 87.7 Å². The van der Waals surface area contributed by atoms with E-state index in [1.54, 1.807) is 17.0 Å². The van der Waals surface area contributed by atoms with Gasteiger partial charge in [0.2, 0.25) is 5.82 Å². The first-order chi connectivity index (χ1) is 12.6. The average molecular weight is 352 g/mol.